The zero-order valence-electron chi connectivity index (χ0n) is 15.2. The Labute approximate surface area is 142 Å². The minimum absolute atomic E-state index is 0.249. The summed E-state index contributed by atoms with van der Waals surface area (Å²) in [6.45, 7) is 6.84. The molecule has 0 aliphatic carbocycles. The first-order valence-corrected chi connectivity index (χ1v) is 10.7. The molecule has 0 atom stereocenters. The lowest BCUT2D eigenvalue weighted by Crippen LogP contribution is -2.08. The van der Waals surface area contributed by atoms with Gasteiger partial charge in [0.1, 0.15) is 0 Å². The Balaban J connectivity index is 4.27. The van der Waals surface area contributed by atoms with Crippen LogP contribution in [0.4, 0.5) is 0 Å². The van der Waals surface area contributed by atoms with Gasteiger partial charge < -0.3 is 4.52 Å². The maximum absolute atomic E-state index is 12.6. The molecule has 0 aromatic carbocycles. The number of phosphoric acid groups is 1. The molecule has 0 heterocycles. The Kier molecular flexibility index (Phi) is 14.9. The SMILES string of the molecule is CCCCCCOP(=O)(OCCCCCC)OC(=O)CCCC. The highest BCUT2D eigenvalue weighted by Crippen LogP contribution is 2.50. The van der Waals surface area contributed by atoms with Gasteiger partial charge in [-0.1, -0.05) is 65.7 Å². The summed E-state index contributed by atoms with van der Waals surface area (Å²) in [5, 5.41) is 0. The van der Waals surface area contributed by atoms with Crippen LogP contribution in [0, 0.1) is 0 Å². The van der Waals surface area contributed by atoms with E-state index in [0.717, 1.165) is 57.8 Å². The van der Waals surface area contributed by atoms with Gasteiger partial charge >= 0.3 is 13.8 Å². The third-order valence-corrected chi connectivity index (χ3v) is 4.87. The second kappa shape index (κ2) is 15.2. The van der Waals surface area contributed by atoms with E-state index in [9.17, 15) is 9.36 Å². The van der Waals surface area contributed by atoms with Gasteiger partial charge in [-0.25, -0.2) is 4.57 Å². The van der Waals surface area contributed by atoms with E-state index in [0.29, 0.717) is 19.6 Å². The molecule has 0 saturated carbocycles. The minimum Gasteiger partial charge on any atom is -0.370 e. The Hall–Kier alpha value is -0.380. The standard InChI is InChI=1S/C17H35O5P/c1-4-7-10-12-15-20-23(19,21-16-13-11-8-5-2)22-17(18)14-9-6-3/h4-16H2,1-3H3. The molecule has 138 valence electrons. The van der Waals surface area contributed by atoms with E-state index in [1.54, 1.807) is 0 Å². The van der Waals surface area contributed by atoms with Crippen LogP contribution in [0.25, 0.3) is 0 Å². The Morgan fingerprint density at radius 1 is 0.739 bits per heavy atom. The molecule has 0 aromatic heterocycles. The number of hydrogen-bond donors (Lipinski definition) is 0. The van der Waals surface area contributed by atoms with Crippen molar-refractivity contribution in [2.24, 2.45) is 0 Å². The zero-order chi connectivity index (χ0) is 17.4. The van der Waals surface area contributed by atoms with Gasteiger partial charge in [-0.3, -0.25) is 13.8 Å². The highest BCUT2D eigenvalue weighted by atomic mass is 31.2. The van der Waals surface area contributed by atoms with Crippen molar-refractivity contribution in [2.75, 3.05) is 13.2 Å². The van der Waals surface area contributed by atoms with E-state index in [2.05, 4.69) is 13.8 Å². The molecule has 0 unspecified atom stereocenters. The highest BCUT2D eigenvalue weighted by molar-refractivity contribution is 7.49. The van der Waals surface area contributed by atoms with Crippen molar-refractivity contribution in [1.29, 1.82) is 0 Å². The van der Waals surface area contributed by atoms with Crippen molar-refractivity contribution in [1.82, 2.24) is 0 Å². The van der Waals surface area contributed by atoms with Crippen LogP contribution < -0.4 is 0 Å². The maximum Gasteiger partial charge on any atom is 0.532 e. The van der Waals surface area contributed by atoms with Crippen molar-refractivity contribution < 1.29 is 22.9 Å². The quantitative estimate of drug-likeness (QED) is 0.251. The van der Waals surface area contributed by atoms with Crippen molar-refractivity contribution in [3.8, 4) is 0 Å². The summed E-state index contributed by atoms with van der Waals surface area (Å²) in [7, 11) is -3.76. The topological polar surface area (TPSA) is 61.8 Å². The average Bonchev–Trinajstić information content (AvgIpc) is 2.52. The van der Waals surface area contributed by atoms with Crippen LogP contribution in [0.2, 0.25) is 0 Å². The smallest absolute Gasteiger partial charge is 0.370 e. The maximum atomic E-state index is 12.6. The van der Waals surface area contributed by atoms with E-state index in [4.69, 9.17) is 13.6 Å². The molecule has 6 heteroatoms. The number of carbonyl (C=O) groups excluding carboxylic acids is 1. The lowest BCUT2D eigenvalue weighted by molar-refractivity contribution is -0.136. The van der Waals surface area contributed by atoms with Crippen molar-refractivity contribution >= 4 is 13.8 Å². The van der Waals surface area contributed by atoms with Gasteiger partial charge in [0.25, 0.3) is 0 Å². The van der Waals surface area contributed by atoms with Crippen molar-refractivity contribution in [3.05, 3.63) is 0 Å². The monoisotopic (exact) mass is 350 g/mol. The number of hydrogen-bond acceptors (Lipinski definition) is 5. The fourth-order valence-corrected chi connectivity index (χ4v) is 3.22. The summed E-state index contributed by atoms with van der Waals surface area (Å²) in [6, 6.07) is 0. The van der Waals surface area contributed by atoms with Crippen LogP contribution >= 0.6 is 7.82 Å². The summed E-state index contributed by atoms with van der Waals surface area (Å²) in [6.07, 6.45) is 9.93. The number of phosphoric ester groups is 1. The average molecular weight is 350 g/mol. The first-order chi connectivity index (χ1) is 11.1. The van der Waals surface area contributed by atoms with E-state index in [-0.39, 0.29) is 6.42 Å². The molecule has 0 fully saturated rings. The molecule has 0 amide bonds. The first-order valence-electron chi connectivity index (χ1n) is 9.19. The van der Waals surface area contributed by atoms with Gasteiger partial charge in [-0.2, -0.15) is 0 Å². The van der Waals surface area contributed by atoms with Crippen LogP contribution in [-0.4, -0.2) is 19.2 Å². The van der Waals surface area contributed by atoms with E-state index in [1.165, 1.54) is 0 Å². The van der Waals surface area contributed by atoms with Crippen molar-refractivity contribution in [2.45, 2.75) is 91.4 Å². The fraction of sp³-hybridized carbons (Fsp3) is 0.941. The normalized spacial score (nSPS) is 11.6. The number of carbonyl (C=O) groups is 1. The van der Waals surface area contributed by atoms with E-state index < -0.39 is 13.8 Å². The lowest BCUT2D eigenvalue weighted by Gasteiger charge is -2.17. The van der Waals surface area contributed by atoms with Crippen LogP contribution in [0.1, 0.15) is 91.4 Å². The summed E-state index contributed by atoms with van der Waals surface area (Å²) < 4.78 is 28.2. The molecule has 0 aliphatic rings. The molecule has 0 aromatic rings. The molecule has 0 radical (unpaired) electrons. The van der Waals surface area contributed by atoms with Gasteiger partial charge in [-0.05, 0) is 19.3 Å². The van der Waals surface area contributed by atoms with Gasteiger partial charge in [0.15, 0.2) is 0 Å². The first kappa shape index (κ1) is 22.6. The molecular weight excluding hydrogens is 315 g/mol. The van der Waals surface area contributed by atoms with Gasteiger partial charge in [-0.15, -0.1) is 0 Å². The van der Waals surface area contributed by atoms with Crippen LogP contribution in [0.3, 0.4) is 0 Å². The molecule has 0 saturated heterocycles. The third kappa shape index (κ3) is 13.7. The summed E-state index contributed by atoms with van der Waals surface area (Å²) >= 11 is 0. The number of unbranched alkanes of at least 4 members (excludes halogenated alkanes) is 7. The molecule has 5 nitrogen and oxygen atoms in total. The molecular formula is C17H35O5P. The van der Waals surface area contributed by atoms with E-state index >= 15 is 0 Å². The minimum atomic E-state index is -3.76. The molecule has 0 N–H and O–H groups in total. The molecule has 0 rings (SSSR count). The highest BCUT2D eigenvalue weighted by Gasteiger charge is 2.30. The molecule has 0 bridgehead atoms. The van der Waals surface area contributed by atoms with Crippen molar-refractivity contribution in [3.63, 3.8) is 0 Å². The predicted molar refractivity (Wildman–Crippen MR) is 93.4 cm³/mol. The largest absolute Gasteiger partial charge is 0.532 e. The molecule has 0 spiro atoms. The Morgan fingerprint density at radius 3 is 1.65 bits per heavy atom. The third-order valence-electron chi connectivity index (χ3n) is 3.44. The summed E-state index contributed by atoms with van der Waals surface area (Å²) in [4.78, 5) is 11.7. The lowest BCUT2D eigenvalue weighted by atomic mass is 10.2. The summed E-state index contributed by atoms with van der Waals surface area (Å²) in [5.74, 6) is -0.503. The van der Waals surface area contributed by atoms with Gasteiger partial charge in [0, 0.05) is 6.42 Å². The second-order valence-electron chi connectivity index (χ2n) is 5.80. The van der Waals surface area contributed by atoms with E-state index in [1.807, 2.05) is 6.92 Å². The summed E-state index contributed by atoms with van der Waals surface area (Å²) in [5.41, 5.74) is 0. The fourth-order valence-electron chi connectivity index (χ4n) is 1.99. The van der Waals surface area contributed by atoms with Gasteiger partial charge in [0.05, 0.1) is 13.2 Å². The predicted octanol–water partition coefficient (Wildman–Crippen LogP) is 6.02. The second-order valence-corrected chi connectivity index (χ2v) is 7.40. The van der Waals surface area contributed by atoms with Gasteiger partial charge in [0.2, 0.25) is 0 Å². The Bertz CT molecular complexity index is 315. The van der Waals surface area contributed by atoms with Crippen LogP contribution in [-0.2, 0) is 22.9 Å². The zero-order valence-corrected chi connectivity index (χ0v) is 16.1. The van der Waals surface area contributed by atoms with Crippen LogP contribution in [0.15, 0.2) is 0 Å². The number of rotatable bonds is 16. The molecule has 0 aliphatic heterocycles. The Morgan fingerprint density at radius 2 is 1.22 bits per heavy atom. The van der Waals surface area contributed by atoms with Crippen LogP contribution in [0.5, 0.6) is 0 Å². The molecule has 23 heavy (non-hydrogen) atoms.